The van der Waals surface area contributed by atoms with Crippen molar-refractivity contribution < 1.29 is 19.0 Å². The Balaban J connectivity index is 1.41. The van der Waals surface area contributed by atoms with Crippen molar-refractivity contribution in [2.75, 3.05) is 27.3 Å². The van der Waals surface area contributed by atoms with E-state index >= 15 is 0 Å². The fourth-order valence-corrected chi connectivity index (χ4v) is 5.14. The van der Waals surface area contributed by atoms with Crippen LogP contribution in [-0.2, 0) is 20.9 Å². The van der Waals surface area contributed by atoms with Crippen molar-refractivity contribution in [1.29, 1.82) is 0 Å². The van der Waals surface area contributed by atoms with E-state index in [0.29, 0.717) is 18.8 Å². The van der Waals surface area contributed by atoms with E-state index in [1.165, 1.54) is 19.3 Å². The van der Waals surface area contributed by atoms with Crippen molar-refractivity contribution >= 4 is 5.78 Å². The van der Waals surface area contributed by atoms with E-state index in [1.54, 1.807) is 20.5 Å². The van der Waals surface area contributed by atoms with Gasteiger partial charge in [0, 0.05) is 12.3 Å². The average molecular weight is 450 g/mol. The van der Waals surface area contributed by atoms with E-state index in [4.69, 9.17) is 14.2 Å². The number of Topliss-reactive ketones (excluding diaryl/α,β-unsaturated/α-hetero) is 1. The minimum Gasteiger partial charge on any atom is -0.505 e. The number of ketones is 1. The van der Waals surface area contributed by atoms with Crippen LogP contribution in [-0.4, -0.2) is 50.1 Å². The van der Waals surface area contributed by atoms with Crippen LogP contribution in [0.5, 0.6) is 5.75 Å². The number of methoxy groups -OCH3 is 2. The first kappa shape index (κ1) is 23.5. The lowest BCUT2D eigenvalue weighted by Crippen LogP contribution is -2.46. The Morgan fingerprint density at radius 3 is 2.24 bits per heavy atom. The number of benzene rings is 2. The highest BCUT2D eigenvalue weighted by molar-refractivity contribution is 5.87. The summed E-state index contributed by atoms with van der Waals surface area (Å²) in [6.07, 6.45) is 8.58. The molecule has 5 heteroatoms. The van der Waals surface area contributed by atoms with Gasteiger partial charge >= 0.3 is 0 Å². The topological polar surface area (TPSA) is 48.0 Å². The summed E-state index contributed by atoms with van der Waals surface area (Å²) >= 11 is 0. The molecule has 1 saturated carbocycles. The van der Waals surface area contributed by atoms with Gasteiger partial charge in [0.05, 0.1) is 39.2 Å². The molecule has 0 unspecified atom stereocenters. The third-order valence-electron chi connectivity index (χ3n) is 6.88. The molecule has 4 rings (SSSR count). The van der Waals surface area contributed by atoms with Gasteiger partial charge in [-0.15, -0.1) is 0 Å². The van der Waals surface area contributed by atoms with Crippen molar-refractivity contribution in [3.8, 4) is 16.9 Å². The van der Waals surface area contributed by atoms with Crippen LogP contribution in [0.4, 0.5) is 0 Å². The number of carbonyl (C=O) groups is 1. The van der Waals surface area contributed by atoms with Crippen LogP contribution in [0.3, 0.4) is 0 Å². The summed E-state index contributed by atoms with van der Waals surface area (Å²) in [5.41, 5.74) is 3.43. The molecular formula is C28H35NO4. The first-order valence-corrected chi connectivity index (χ1v) is 12.0. The Hall–Kier alpha value is -2.63. The molecule has 2 aromatic carbocycles. The first-order chi connectivity index (χ1) is 16.2. The smallest absolute Gasteiger partial charge is 0.152 e. The maximum Gasteiger partial charge on any atom is 0.152 e. The molecule has 0 aromatic heterocycles. The summed E-state index contributed by atoms with van der Waals surface area (Å²) in [6.45, 7) is 2.54. The summed E-state index contributed by atoms with van der Waals surface area (Å²) in [5, 5.41) is 0. The monoisotopic (exact) mass is 449 g/mol. The van der Waals surface area contributed by atoms with E-state index in [0.717, 1.165) is 42.0 Å². The summed E-state index contributed by atoms with van der Waals surface area (Å²) < 4.78 is 16.7. The highest BCUT2D eigenvalue weighted by Crippen LogP contribution is 2.35. The molecule has 2 fully saturated rings. The zero-order valence-electron chi connectivity index (χ0n) is 19.7. The van der Waals surface area contributed by atoms with Gasteiger partial charge in [-0.05, 0) is 67.3 Å². The van der Waals surface area contributed by atoms with Crippen molar-refractivity contribution in [1.82, 2.24) is 4.90 Å². The number of hydrogen-bond acceptors (Lipinski definition) is 5. The lowest BCUT2D eigenvalue weighted by atomic mass is 9.94. The highest BCUT2D eigenvalue weighted by atomic mass is 16.5. The van der Waals surface area contributed by atoms with Gasteiger partial charge in [-0.3, -0.25) is 9.69 Å². The minimum absolute atomic E-state index is 0.0331. The molecule has 33 heavy (non-hydrogen) atoms. The SMILES string of the molecule is COC=CC[C@H]1[C@H](N2CCCCC2)C(=O)C[C@H]1OCc1ccc(-c2ccc(OC)cc2)cc1. The Labute approximate surface area is 197 Å². The second-order valence-corrected chi connectivity index (χ2v) is 8.99. The molecule has 2 aliphatic rings. The van der Waals surface area contributed by atoms with Gasteiger partial charge in [0.1, 0.15) is 5.75 Å². The van der Waals surface area contributed by atoms with Crippen LogP contribution >= 0.6 is 0 Å². The van der Waals surface area contributed by atoms with Gasteiger partial charge in [0.2, 0.25) is 0 Å². The second-order valence-electron chi connectivity index (χ2n) is 8.99. The molecule has 1 aliphatic heterocycles. The van der Waals surface area contributed by atoms with Crippen molar-refractivity contribution in [3.63, 3.8) is 0 Å². The zero-order valence-corrected chi connectivity index (χ0v) is 19.7. The molecule has 0 N–H and O–H groups in total. The number of piperidine rings is 1. The number of nitrogens with zero attached hydrogens (tertiary/aromatic N) is 1. The Morgan fingerprint density at radius 2 is 1.61 bits per heavy atom. The minimum atomic E-state index is -0.0628. The zero-order chi connectivity index (χ0) is 23.0. The Bertz CT molecular complexity index is 916. The molecule has 3 atom stereocenters. The average Bonchev–Trinajstić information content (AvgIpc) is 3.18. The lowest BCUT2D eigenvalue weighted by Gasteiger charge is -2.35. The van der Waals surface area contributed by atoms with Crippen LogP contribution in [0.25, 0.3) is 11.1 Å². The molecular weight excluding hydrogens is 414 g/mol. The summed E-state index contributed by atoms with van der Waals surface area (Å²) in [5.74, 6) is 1.35. The molecule has 0 radical (unpaired) electrons. The third-order valence-corrected chi connectivity index (χ3v) is 6.88. The lowest BCUT2D eigenvalue weighted by molar-refractivity contribution is -0.123. The number of carbonyl (C=O) groups excluding carboxylic acids is 1. The van der Waals surface area contributed by atoms with Gasteiger partial charge in [-0.2, -0.15) is 0 Å². The van der Waals surface area contributed by atoms with Gasteiger partial charge in [-0.1, -0.05) is 42.8 Å². The molecule has 1 heterocycles. The maximum atomic E-state index is 13.0. The molecule has 0 bridgehead atoms. The molecule has 2 aromatic rings. The molecule has 0 amide bonds. The summed E-state index contributed by atoms with van der Waals surface area (Å²) in [6, 6.07) is 16.5. The Morgan fingerprint density at radius 1 is 0.939 bits per heavy atom. The fourth-order valence-electron chi connectivity index (χ4n) is 5.14. The van der Waals surface area contributed by atoms with E-state index in [9.17, 15) is 4.79 Å². The number of ether oxygens (including phenoxy) is 3. The predicted octanol–water partition coefficient (Wildman–Crippen LogP) is 5.24. The van der Waals surface area contributed by atoms with Crippen molar-refractivity contribution in [2.24, 2.45) is 5.92 Å². The van der Waals surface area contributed by atoms with Gasteiger partial charge in [-0.25, -0.2) is 0 Å². The summed E-state index contributed by atoms with van der Waals surface area (Å²) in [4.78, 5) is 15.4. The highest BCUT2D eigenvalue weighted by Gasteiger charge is 2.45. The molecule has 0 spiro atoms. The maximum absolute atomic E-state index is 13.0. The van der Waals surface area contributed by atoms with Gasteiger partial charge in [0.25, 0.3) is 0 Å². The van der Waals surface area contributed by atoms with Crippen LogP contribution < -0.4 is 4.74 Å². The van der Waals surface area contributed by atoms with Crippen molar-refractivity contribution in [3.05, 3.63) is 66.4 Å². The Kier molecular flexibility index (Phi) is 8.19. The second kappa shape index (κ2) is 11.5. The van der Waals surface area contributed by atoms with E-state index in [1.807, 2.05) is 18.2 Å². The number of hydrogen-bond donors (Lipinski definition) is 0. The first-order valence-electron chi connectivity index (χ1n) is 12.0. The van der Waals surface area contributed by atoms with E-state index in [2.05, 4.69) is 41.3 Å². The normalized spacial score (nSPS) is 23.8. The number of rotatable bonds is 9. The third kappa shape index (κ3) is 5.84. The predicted molar refractivity (Wildman–Crippen MR) is 130 cm³/mol. The van der Waals surface area contributed by atoms with Gasteiger partial charge in [0.15, 0.2) is 5.78 Å². The quantitative estimate of drug-likeness (QED) is 0.490. The largest absolute Gasteiger partial charge is 0.505 e. The molecule has 1 aliphatic carbocycles. The van der Waals surface area contributed by atoms with Crippen LogP contribution in [0.1, 0.15) is 37.7 Å². The fraction of sp³-hybridized carbons (Fsp3) is 0.464. The van der Waals surface area contributed by atoms with Crippen LogP contribution in [0, 0.1) is 5.92 Å². The van der Waals surface area contributed by atoms with Crippen LogP contribution in [0.15, 0.2) is 60.9 Å². The molecule has 176 valence electrons. The van der Waals surface area contributed by atoms with Crippen molar-refractivity contribution in [2.45, 2.75) is 50.9 Å². The molecule has 5 nitrogen and oxygen atoms in total. The summed E-state index contributed by atoms with van der Waals surface area (Å²) in [7, 11) is 3.33. The van der Waals surface area contributed by atoms with Gasteiger partial charge < -0.3 is 14.2 Å². The number of likely N-dealkylation sites (tertiary alicyclic amines) is 1. The van der Waals surface area contributed by atoms with E-state index < -0.39 is 0 Å². The number of allylic oxidation sites excluding steroid dienone is 1. The van der Waals surface area contributed by atoms with Crippen LogP contribution in [0.2, 0.25) is 0 Å². The standard InChI is InChI=1S/C28H35NO4/c1-31-18-6-7-25-27(19-26(30)28(25)29-16-4-3-5-17-29)33-20-21-8-10-22(11-9-21)23-12-14-24(32-2)15-13-23/h6,8-15,18,25,27-28H,3-5,7,16-17,19-20H2,1-2H3/t25-,27-,28+/m1/s1. The van der Waals surface area contributed by atoms with E-state index in [-0.39, 0.29) is 18.1 Å². The molecule has 1 saturated heterocycles.